The number of benzene rings is 1. The summed E-state index contributed by atoms with van der Waals surface area (Å²) in [5.41, 5.74) is 3.20. The zero-order chi connectivity index (χ0) is 17.2. The van der Waals surface area contributed by atoms with Gasteiger partial charge in [-0.05, 0) is 13.3 Å². The van der Waals surface area contributed by atoms with E-state index in [1.165, 1.54) is 5.56 Å². The van der Waals surface area contributed by atoms with Crippen LogP contribution >= 0.6 is 0 Å². The average Bonchev–Trinajstić information content (AvgIpc) is 3.26. The molecule has 6 heteroatoms. The van der Waals surface area contributed by atoms with E-state index >= 15 is 0 Å². The van der Waals surface area contributed by atoms with Gasteiger partial charge < -0.3 is 9.84 Å². The number of aryl methyl sites for hydroxylation is 3. The second-order valence-corrected chi connectivity index (χ2v) is 6.64. The number of hydrogen-bond acceptors (Lipinski definition) is 5. The van der Waals surface area contributed by atoms with Gasteiger partial charge >= 0.3 is 0 Å². The Balaban J connectivity index is 1.37. The van der Waals surface area contributed by atoms with Crippen molar-refractivity contribution in [3.8, 4) is 11.3 Å². The fraction of sp³-hybridized carbons (Fsp3) is 0.421. The molecule has 0 spiro atoms. The molecule has 0 saturated carbocycles. The summed E-state index contributed by atoms with van der Waals surface area (Å²) in [6, 6.07) is 10.7. The van der Waals surface area contributed by atoms with Gasteiger partial charge in [0.1, 0.15) is 11.5 Å². The largest absolute Gasteiger partial charge is 0.359 e. The Labute approximate surface area is 147 Å². The van der Waals surface area contributed by atoms with E-state index < -0.39 is 0 Å². The zero-order valence-electron chi connectivity index (χ0n) is 14.7. The smallest absolute Gasteiger partial charge is 0.151 e. The van der Waals surface area contributed by atoms with Crippen molar-refractivity contribution in [2.24, 2.45) is 0 Å². The number of aromatic nitrogens is 4. The van der Waals surface area contributed by atoms with Crippen molar-refractivity contribution in [2.45, 2.75) is 52.2 Å². The molecule has 0 saturated heterocycles. The fourth-order valence-corrected chi connectivity index (χ4v) is 3.18. The van der Waals surface area contributed by atoms with Crippen LogP contribution in [-0.2, 0) is 25.9 Å². The van der Waals surface area contributed by atoms with Crippen molar-refractivity contribution < 1.29 is 4.52 Å². The summed E-state index contributed by atoms with van der Waals surface area (Å²) >= 11 is 0. The molecule has 4 rings (SSSR count). The van der Waals surface area contributed by atoms with Gasteiger partial charge in [0.05, 0.1) is 13.1 Å². The number of fused-ring (bicyclic) bond motifs is 1. The van der Waals surface area contributed by atoms with Crippen molar-refractivity contribution in [1.29, 1.82) is 0 Å². The molecule has 1 aromatic carbocycles. The van der Waals surface area contributed by atoms with E-state index in [0.717, 1.165) is 54.5 Å². The molecule has 0 bridgehead atoms. The Morgan fingerprint density at radius 2 is 2.12 bits per heavy atom. The van der Waals surface area contributed by atoms with Crippen LogP contribution in [0.25, 0.3) is 11.3 Å². The minimum atomic E-state index is 0.381. The van der Waals surface area contributed by atoms with Gasteiger partial charge in [-0.25, -0.2) is 9.67 Å². The van der Waals surface area contributed by atoms with Crippen LogP contribution in [0.1, 0.15) is 36.3 Å². The number of hydrogen-bond donors (Lipinski definition) is 1. The van der Waals surface area contributed by atoms with E-state index in [9.17, 15) is 0 Å². The number of rotatable bonds is 5. The van der Waals surface area contributed by atoms with Crippen LogP contribution in [0.15, 0.2) is 34.9 Å². The molecule has 3 heterocycles. The Morgan fingerprint density at radius 1 is 1.28 bits per heavy atom. The molecule has 1 N–H and O–H groups in total. The SMILES string of the molecule is CCc1nc2n(n1)C[C@H](NCc1cc(-c3ccc(C)cc3)no1)CC2. The first-order valence-corrected chi connectivity index (χ1v) is 8.90. The normalized spacial score (nSPS) is 16.8. The molecule has 2 aromatic heterocycles. The molecule has 3 aromatic rings. The molecule has 25 heavy (non-hydrogen) atoms. The molecule has 130 valence electrons. The van der Waals surface area contributed by atoms with E-state index in [1.807, 2.05) is 10.7 Å². The van der Waals surface area contributed by atoms with Crippen LogP contribution in [0.4, 0.5) is 0 Å². The average molecular weight is 337 g/mol. The summed E-state index contributed by atoms with van der Waals surface area (Å²) in [6.45, 7) is 5.71. The Kier molecular flexibility index (Phi) is 4.36. The Hall–Kier alpha value is -2.47. The quantitative estimate of drug-likeness (QED) is 0.775. The maximum atomic E-state index is 5.48. The van der Waals surface area contributed by atoms with Crippen LogP contribution in [0.5, 0.6) is 0 Å². The van der Waals surface area contributed by atoms with Crippen molar-refractivity contribution in [2.75, 3.05) is 0 Å². The van der Waals surface area contributed by atoms with Gasteiger partial charge in [-0.2, -0.15) is 5.10 Å². The highest BCUT2D eigenvalue weighted by Crippen LogP contribution is 2.20. The van der Waals surface area contributed by atoms with Gasteiger partial charge in [-0.3, -0.25) is 0 Å². The zero-order valence-corrected chi connectivity index (χ0v) is 14.7. The summed E-state index contributed by atoms with van der Waals surface area (Å²) in [4.78, 5) is 4.56. The van der Waals surface area contributed by atoms with Crippen molar-refractivity contribution in [3.63, 3.8) is 0 Å². The molecule has 0 unspecified atom stereocenters. The molecule has 0 amide bonds. The monoisotopic (exact) mass is 337 g/mol. The molecule has 0 radical (unpaired) electrons. The van der Waals surface area contributed by atoms with Crippen LogP contribution in [0, 0.1) is 6.92 Å². The van der Waals surface area contributed by atoms with Gasteiger partial charge in [-0.1, -0.05) is 41.9 Å². The third-order valence-electron chi connectivity index (χ3n) is 4.69. The van der Waals surface area contributed by atoms with Gasteiger partial charge in [0.25, 0.3) is 0 Å². The van der Waals surface area contributed by atoms with E-state index in [2.05, 4.69) is 58.7 Å². The van der Waals surface area contributed by atoms with Gasteiger partial charge in [0.15, 0.2) is 11.6 Å². The predicted octanol–water partition coefficient (Wildman–Crippen LogP) is 2.91. The van der Waals surface area contributed by atoms with Gasteiger partial charge in [0, 0.05) is 30.5 Å². The van der Waals surface area contributed by atoms with Crippen LogP contribution < -0.4 is 5.32 Å². The summed E-state index contributed by atoms with van der Waals surface area (Å²) in [6.07, 6.45) is 2.93. The van der Waals surface area contributed by atoms with Crippen molar-refractivity contribution in [3.05, 3.63) is 53.3 Å². The second-order valence-electron chi connectivity index (χ2n) is 6.64. The predicted molar refractivity (Wildman–Crippen MR) is 95.0 cm³/mol. The molecule has 1 aliphatic heterocycles. The first-order valence-electron chi connectivity index (χ1n) is 8.90. The highest BCUT2D eigenvalue weighted by atomic mass is 16.5. The van der Waals surface area contributed by atoms with E-state index in [-0.39, 0.29) is 0 Å². The second kappa shape index (κ2) is 6.80. The molecule has 0 aliphatic carbocycles. The minimum absolute atomic E-state index is 0.381. The lowest BCUT2D eigenvalue weighted by molar-refractivity contribution is 0.325. The summed E-state index contributed by atoms with van der Waals surface area (Å²) in [5.74, 6) is 2.90. The van der Waals surface area contributed by atoms with Gasteiger partial charge in [0.2, 0.25) is 0 Å². The maximum absolute atomic E-state index is 5.48. The Bertz CT molecular complexity index is 849. The molecule has 6 nitrogen and oxygen atoms in total. The number of nitrogens with one attached hydrogen (secondary N) is 1. The highest BCUT2D eigenvalue weighted by molar-refractivity contribution is 5.59. The van der Waals surface area contributed by atoms with E-state index in [0.29, 0.717) is 12.6 Å². The topological polar surface area (TPSA) is 68.8 Å². The van der Waals surface area contributed by atoms with Crippen LogP contribution in [0.2, 0.25) is 0 Å². The summed E-state index contributed by atoms with van der Waals surface area (Å²) in [5, 5.41) is 12.3. The minimum Gasteiger partial charge on any atom is -0.359 e. The van der Waals surface area contributed by atoms with E-state index in [4.69, 9.17) is 4.52 Å². The molecule has 1 atom stereocenters. The summed E-state index contributed by atoms with van der Waals surface area (Å²) < 4.78 is 7.52. The van der Waals surface area contributed by atoms with Crippen LogP contribution in [0.3, 0.4) is 0 Å². The van der Waals surface area contributed by atoms with E-state index in [1.54, 1.807) is 0 Å². The van der Waals surface area contributed by atoms with Crippen molar-refractivity contribution in [1.82, 2.24) is 25.2 Å². The fourth-order valence-electron chi connectivity index (χ4n) is 3.18. The Morgan fingerprint density at radius 3 is 2.92 bits per heavy atom. The molecule has 1 aliphatic rings. The number of nitrogens with zero attached hydrogens (tertiary/aromatic N) is 4. The third kappa shape index (κ3) is 3.49. The molecular weight excluding hydrogens is 314 g/mol. The lowest BCUT2D eigenvalue weighted by atomic mass is 10.1. The molecule has 0 fully saturated rings. The standard InChI is InChI=1S/C19H23N5O/c1-3-18-21-19-9-8-15(12-24(19)22-18)20-11-16-10-17(23-25-16)14-6-4-13(2)5-7-14/h4-7,10,15,20H,3,8-9,11-12H2,1-2H3/t15-/m1/s1. The maximum Gasteiger partial charge on any atom is 0.151 e. The lowest BCUT2D eigenvalue weighted by Crippen LogP contribution is -2.37. The molecular formula is C19H23N5O. The van der Waals surface area contributed by atoms with Crippen LogP contribution in [-0.4, -0.2) is 26.0 Å². The summed E-state index contributed by atoms with van der Waals surface area (Å²) in [7, 11) is 0. The first-order chi connectivity index (χ1) is 12.2. The highest BCUT2D eigenvalue weighted by Gasteiger charge is 2.21. The van der Waals surface area contributed by atoms with Crippen molar-refractivity contribution >= 4 is 0 Å². The van der Waals surface area contributed by atoms with Gasteiger partial charge in [-0.15, -0.1) is 0 Å². The lowest BCUT2D eigenvalue weighted by Gasteiger charge is -2.23. The first kappa shape index (κ1) is 16.0. The third-order valence-corrected chi connectivity index (χ3v) is 4.69.